The minimum absolute atomic E-state index is 0.0923. The second kappa shape index (κ2) is 10.2. The molecule has 2 amide bonds. The molecule has 8 heteroatoms. The second-order valence-electron chi connectivity index (χ2n) is 8.06. The molecule has 3 aromatic rings. The fraction of sp³-hybridized carbons (Fsp3) is 0.320. The molecule has 0 bridgehead atoms. The van der Waals surface area contributed by atoms with Gasteiger partial charge in [-0.05, 0) is 44.0 Å². The monoisotopic (exact) mass is 449 g/mol. The first-order valence-electron chi connectivity index (χ1n) is 11.0. The molecule has 0 saturated carbocycles. The third-order valence-corrected chi connectivity index (χ3v) is 5.71. The summed E-state index contributed by atoms with van der Waals surface area (Å²) >= 11 is 0. The molecule has 8 nitrogen and oxygen atoms in total. The Morgan fingerprint density at radius 3 is 2.36 bits per heavy atom. The van der Waals surface area contributed by atoms with Gasteiger partial charge in [0.1, 0.15) is 11.7 Å². The lowest BCUT2D eigenvalue weighted by molar-refractivity contribution is -0.133. The molecular weight excluding hydrogens is 418 g/mol. The summed E-state index contributed by atoms with van der Waals surface area (Å²) in [5.41, 5.74) is 3.35. The van der Waals surface area contributed by atoms with Gasteiger partial charge in [0.2, 0.25) is 11.8 Å². The summed E-state index contributed by atoms with van der Waals surface area (Å²) in [5.74, 6) is -0.566. The largest absolute Gasteiger partial charge is 0.368 e. The number of carbonyl (C=O) groups excluding carboxylic acids is 2. The Morgan fingerprint density at radius 2 is 1.70 bits per heavy atom. The maximum atomic E-state index is 13.1. The predicted molar refractivity (Wildman–Crippen MR) is 131 cm³/mol. The van der Waals surface area contributed by atoms with E-state index in [1.807, 2.05) is 68.4 Å². The highest BCUT2D eigenvalue weighted by Crippen LogP contribution is 2.17. The number of nitrogens with zero attached hydrogens (tertiary/aromatic N) is 3. The number of nitrogens with one attached hydrogen (secondary N) is 2. The lowest BCUT2D eigenvalue weighted by Crippen LogP contribution is -2.43. The Morgan fingerprint density at radius 1 is 1.06 bits per heavy atom. The van der Waals surface area contributed by atoms with Crippen LogP contribution in [0.4, 0.5) is 11.4 Å². The van der Waals surface area contributed by atoms with E-state index in [1.165, 1.54) is 4.90 Å². The number of likely N-dealkylation sites (N-methyl/N-ethyl adjacent to an activating group) is 1. The Bertz CT molecular complexity index is 1200. The molecule has 0 spiro atoms. The van der Waals surface area contributed by atoms with Gasteiger partial charge < -0.3 is 15.5 Å². The van der Waals surface area contributed by atoms with E-state index >= 15 is 0 Å². The number of aromatic nitrogens is 2. The summed E-state index contributed by atoms with van der Waals surface area (Å²) in [7, 11) is 3.37. The van der Waals surface area contributed by atoms with E-state index in [0.717, 1.165) is 23.4 Å². The number of anilines is 2. The molecule has 0 aliphatic carbocycles. The van der Waals surface area contributed by atoms with Crippen molar-refractivity contribution in [3.63, 3.8) is 0 Å². The maximum absolute atomic E-state index is 13.1. The summed E-state index contributed by atoms with van der Waals surface area (Å²) in [6.07, 6.45) is 0.795. The van der Waals surface area contributed by atoms with E-state index in [0.29, 0.717) is 11.4 Å². The molecule has 2 N–H and O–H groups in total. The molecule has 174 valence electrons. The summed E-state index contributed by atoms with van der Waals surface area (Å²) in [4.78, 5) is 39.8. The van der Waals surface area contributed by atoms with E-state index in [1.54, 1.807) is 30.4 Å². The number of rotatable bonds is 8. The highest BCUT2D eigenvalue weighted by atomic mass is 16.2. The number of carbonyl (C=O) groups is 2. The fourth-order valence-corrected chi connectivity index (χ4v) is 3.78. The van der Waals surface area contributed by atoms with Gasteiger partial charge in [-0.2, -0.15) is 0 Å². The average Bonchev–Trinajstić information content (AvgIpc) is 3.02. The minimum Gasteiger partial charge on any atom is -0.368 e. The average molecular weight is 450 g/mol. The lowest BCUT2D eigenvalue weighted by atomic mass is 10.1. The van der Waals surface area contributed by atoms with Crippen LogP contribution in [0.1, 0.15) is 25.1 Å². The Kier molecular flexibility index (Phi) is 7.37. The van der Waals surface area contributed by atoms with Crippen LogP contribution in [0, 0.1) is 6.92 Å². The predicted octanol–water partition coefficient (Wildman–Crippen LogP) is 2.94. The summed E-state index contributed by atoms with van der Waals surface area (Å²) < 4.78 is 3.30. The first kappa shape index (κ1) is 23.8. The Labute approximate surface area is 193 Å². The third kappa shape index (κ3) is 5.16. The lowest BCUT2D eigenvalue weighted by Gasteiger charge is -2.22. The molecular formula is C25H31N5O3. The highest BCUT2D eigenvalue weighted by Gasteiger charge is 2.24. The van der Waals surface area contributed by atoms with Crippen molar-refractivity contribution in [2.75, 3.05) is 24.2 Å². The minimum atomic E-state index is -0.691. The van der Waals surface area contributed by atoms with Crippen molar-refractivity contribution in [3.05, 3.63) is 76.2 Å². The van der Waals surface area contributed by atoms with Gasteiger partial charge in [0.15, 0.2) is 0 Å². The molecule has 1 atom stereocenters. The zero-order valence-corrected chi connectivity index (χ0v) is 19.8. The highest BCUT2D eigenvalue weighted by molar-refractivity contribution is 5.96. The third-order valence-electron chi connectivity index (χ3n) is 5.71. The van der Waals surface area contributed by atoms with Crippen molar-refractivity contribution in [2.24, 2.45) is 7.05 Å². The molecule has 33 heavy (non-hydrogen) atoms. The number of para-hydroxylation sites is 2. The Balaban J connectivity index is 1.69. The summed E-state index contributed by atoms with van der Waals surface area (Å²) in [6.45, 7) is 5.43. The van der Waals surface area contributed by atoms with Gasteiger partial charge >= 0.3 is 0 Å². The summed E-state index contributed by atoms with van der Waals surface area (Å²) in [6, 6.07) is 16.2. The van der Waals surface area contributed by atoms with Crippen LogP contribution < -0.4 is 16.2 Å². The summed E-state index contributed by atoms with van der Waals surface area (Å²) in [5, 5.41) is 5.93. The standard InChI is InChI=1S/C25H31N5O3/c1-6-19-12-10-11-15-21(19)27-22(31)16-28(4)24(32)17(2)26-23-18(3)29(5)30(25(23)33)20-13-8-7-9-14-20/h7-15,17,26H,6,16H2,1-5H3,(H,27,31). The maximum Gasteiger partial charge on any atom is 0.295 e. The van der Waals surface area contributed by atoms with Gasteiger partial charge in [0.25, 0.3) is 5.56 Å². The van der Waals surface area contributed by atoms with Crippen molar-refractivity contribution in [1.82, 2.24) is 14.3 Å². The van der Waals surface area contributed by atoms with Crippen LogP contribution in [-0.4, -0.2) is 45.7 Å². The van der Waals surface area contributed by atoms with E-state index < -0.39 is 6.04 Å². The van der Waals surface area contributed by atoms with Crippen LogP contribution in [0.15, 0.2) is 59.4 Å². The quantitative estimate of drug-likeness (QED) is 0.554. The molecule has 2 aromatic carbocycles. The van der Waals surface area contributed by atoms with Gasteiger partial charge in [-0.1, -0.05) is 43.3 Å². The van der Waals surface area contributed by atoms with Crippen LogP contribution in [0.25, 0.3) is 5.69 Å². The van der Waals surface area contributed by atoms with Crippen molar-refractivity contribution >= 4 is 23.2 Å². The number of hydrogen-bond acceptors (Lipinski definition) is 4. The topological polar surface area (TPSA) is 88.4 Å². The van der Waals surface area contributed by atoms with Crippen LogP contribution in [0.2, 0.25) is 0 Å². The molecule has 0 saturated heterocycles. The molecule has 0 aliphatic heterocycles. The first-order chi connectivity index (χ1) is 15.7. The zero-order chi connectivity index (χ0) is 24.1. The van der Waals surface area contributed by atoms with Gasteiger partial charge in [-0.3, -0.25) is 19.1 Å². The molecule has 0 radical (unpaired) electrons. The van der Waals surface area contributed by atoms with E-state index in [2.05, 4.69) is 10.6 Å². The van der Waals surface area contributed by atoms with Crippen LogP contribution in [0.3, 0.4) is 0 Å². The molecule has 0 aliphatic rings. The fourth-order valence-electron chi connectivity index (χ4n) is 3.78. The van der Waals surface area contributed by atoms with Gasteiger partial charge in [-0.15, -0.1) is 0 Å². The number of hydrogen-bond donors (Lipinski definition) is 2. The number of benzene rings is 2. The number of amides is 2. The van der Waals surface area contributed by atoms with Crippen molar-refractivity contribution in [1.29, 1.82) is 0 Å². The molecule has 1 unspecified atom stereocenters. The van der Waals surface area contributed by atoms with Gasteiger partial charge in [-0.25, -0.2) is 4.68 Å². The van der Waals surface area contributed by atoms with Crippen molar-refractivity contribution in [3.8, 4) is 5.69 Å². The number of aryl methyl sites for hydroxylation is 1. The van der Waals surface area contributed by atoms with Gasteiger partial charge in [0, 0.05) is 19.8 Å². The van der Waals surface area contributed by atoms with Gasteiger partial charge in [0.05, 0.1) is 17.9 Å². The van der Waals surface area contributed by atoms with E-state index in [4.69, 9.17) is 0 Å². The SMILES string of the molecule is CCc1ccccc1NC(=O)CN(C)C(=O)C(C)Nc1c(C)n(C)n(-c2ccccc2)c1=O. The van der Waals surface area contributed by atoms with Crippen LogP contribution in [0.5, 0.6) is 0 Å². The second-order valence-corrected chi connectivity index (χ2v) is 8.06. The van der Waals surface area contributed by atoms with Crippen molar-refractivity contribution < 1.29 is 9.59 Å². The smallest absolute Gasteiger partial charge is 0.295 e. The zero-order valence-electron chi connectivity index (χ0n) is 19.8. The Hall–Kier alpha value is -3.81. The van der Waals surface area contributed by atoms with Crippen LogP contribution >= 0.6 is 0 Å². The van der Waals surface area contributed by atoms with Crippen molar-refractivity contribution in [2.45, 2.75) is 33.2 Å². The molecule has 1 heterocycles. The first-order valence-corrected chi connectivity index (χ1v) is 11.0. The molecule has 3 rings (SSSR count). The van der Waals surface area contributed by atoms with E-state index in [-0.39, 0.29) is 23.9 Å². The molecule has 0 fully saturated rings. The normalized spacial score (nSPS) is 11.7. The van der Waals surface area contributed by atoms with E-state index in [9.17, 15) is 14.4 Å². The molecule has 1 aromatic heterocycles. The van der Waals surface area contributed by atoms with Crippen LogP contribution in [-0.2, 0) is 23.1 Å².